The van der Waals surface area contributed by atoms with Crippen LogP contribution in [0.4, 0.5) is 0 Å². The maximum atomic E-state index is 9.74. The average molecular weight is 601 g/mol. The second kappa shape index (κ2) is 9.50. The molecular formula is C42H24N4O. The minimum absolute atomic E-state index is 0.601. The third-order valence-electron chi connectivity index (χ3n) is 9.79. The van der Waals surface area contributed by atoms with Gasteiger partial charge in [0.15, 0.2) is 0 Å². The van der Waals surface area contributed by atoms with Gasteiger partial charge in [-0.2, -0.15) is 5.26 Å². The summed E-state index contributed by atoms with van der Waals surface area (Å²) in [4.78, 5) is 9.65. The summed E-state index contributed by atoms with van der Waals surface area (Å²) < 4.78 is 8.99. The first-order valence-electron chi connectivity index (χ1n) is 15.6. The Kier molecular flexibility index (Phi) is 5.21. The van der Waals surface area contributed by atoms with Gasteiger partial charge in [0.05, 0.1) is 39.5 Å². The van der Waals surface area contributed by atoms with E-state index in [0.717, 1.165) is 83.8 Å². The van der Waals surface area contributed by atoms with Crippen LogP contribution in [0.15, 0.2) is 146 Å². The fourth-order valence-electron chi connectivity index (χ4n) is 7.87. The zero-order valence-electron chi connectivity index (χ0n) is 25.1. The summed E-state index contributed by atoms with van der Waals surface area (Å²) in [7, 11) is 0. The van der Waals surface area contributed by atoms with Crippen LogP contribution < -0.4 is 4.74 Å². The van der Waals surface area contributed by atoms with Crippen LogP contribution in [0.5, 0.6) is 11.5 Å². The molecule has 0 radical (unpaired) electrons. The van der Waals surface area contributed by atoms with E-state index >= 15 is 0 Å². The molecule has 4 heterocycles. The number of pyridine rings is 2. The molecule has 3 aromatic heterocycles. The highest BCUT2D eigenvalue weighted by atomic mass is 16.5. The number of fused-ring (bicyclic) bond motifs is 12. The smallest absolute Gasteiger partial charge is 0.132 e. The molecule has 0 saturated heterocycles. The molecule has 1 spiro atoms. The number of hydrogen-bond donors (Lipinski definition) is 0. The van der Waals surface area contributed by atoms with Crippen LogP contribution in [0, 0.1) is 11.3 Å². The van der Waals surface area contributed by atoms with Crippen molar-refractivity contribution >= 4 is 21.8 Å². The van der Waals surface area contributed by atoms with Crippen molar-refractivity contribution < 1.29 is 4.74 Å². The molecule has 1 aliphatic carbocycles. The van der Waals surface area contributed by atoms with E-state index in [9.17, 15) is 5.26 Å². The molecule has 10 rings (SSSR count). The summed E-state index contributed by atoms with van der Waals surface area (Å²) in [5.41, 5.74) is 11.6. The number of benzene rings is 5. The maximum absolute atomic E-state index is 9.74. The minimum Gasteiger partial charge on any atom is -0.457 e. The van der Waals surface area contributed by atoms with Crippen LogP contribution in [0.1, 0.15) is 27.8 Å². The van der Waals surface area contributed by atoms with Crippen LogP contribution in [-0.4, -0.2) is 14.5 Å². The van der Waals surface area contributed by atoms with Crippen molar-refractivity contribution in [3.8, 4) is 45.8 Å². The van der Waals surface area contributed by atoms with Gasteiger partial charge in [0.2, 0.25) is 0 Å². The monoisotopic (exact) mass is 600 g/mol. The standard InChI is InChI=1S/C42H24N4O/c43-25-26-14-18-36-30(22-26)31-23-27(16-19-37(31)46(36)29-8-2-1-3-9-29)28-15-17-33-39(24-28)47-38-13-5-4-10-32(38)42(33)34-11-6-20-44-40(34)41-35(42)12-7-21-45-41/h1-24H. The van der Waals surface area contributed by atoms with Gasteiger partial charge in [-0.05, 0) is 89.0 Å². The molecule has 0 unspecified atom stereocenters. The summed E-state index contributed by atoms with van der Waals surface area (Å²) in [6.07, 6.45) is 3.69. The SMILES string of the molecule is N#Cc1ccc2c(c1)c1cc(-c3ccc4c(c3)Oc3ccccc3C43c4cccnc4-c4ncccc43)ccc1n2-c1ccccc1. The number of nitrogens with zero attached hydrogens (tertiary/aromatic N) is 4. The van der Waals surface area contributed by atoms with Crippen molar-refractivity contribution in [2.24, 2.45) is 0 Å². The minimum atomic E-state index is -0.601. The lowest BCUT2D eigenvalue weighted by atomic mass is 9.66. The van der Waals surface area contributed by atoms with E-state index in [-0.39, 0.29) is 0 Å². The normalized spacial score (nSPS) is 13.4. The first kappa shape index (κ1) is 25.8. The van der Waals surface area contributed by atoms with Crippen molar-refractivity contribution in [1.82, 2.24) is 14.5 Å². The first-order chi connectivity index (χ1) is 23.3. The molecular weight excluding hydrogens is 576 g/mol. The second-order valence-corrected chi connectivity index (χ2v) is 12.1. The number of nitriles is 1. The van der Waals surface area contributed by atoms with E-state index in [2.05, 4.69) is 95.6 Å². The van der Waals surface area contributed by atoms with Gasteiger partial charge in [-0.15, -0.1) is 0 Å². The molecule has 0 atom stereocenters. The molecule has 218 valence electrons. The Bertz CT molecular complexity index is 2580. The lowest BCUT2D eigenvalue weighted by molar-refractivity contribution is 0.436. The van der Waals surface area contributed by atoms with Crippen molar-refractivity contribution in [2.45, 2.75) is 5.41 Å². The van der Waals surface area contributed by atoms with E-state index in [1.54, 1.807) is 0 Å². The van der Waals surface area contributed by atoms with Gasteiger partial charge in [0.1, 0.15) is 11.5 Å². The largest absolute Gasteiger partial charge is 0.457 e. The molecule has 47 heavy (non-hydrogen) atoms. The Morgan fingerprint density at radius 1 is 0.553 bits per heavy atom. The Balaban J connectivity index is 1.21. The summed E-state index contributed by atoms with van der Waals surface area (Å²) in [6, 6.07) is 48.5. The van der Waals surface area contributed by atoms with E-state index in [0.29, 0.717) is 5.56 Å². The molecule has 0 amide bonds. The Morgan fingerprint density at radius 2 is 1.17 bits per heavy atom. The molecule has 1 aliphatic heterocycles. The predicted molar refractivity (Wildman–Crippen MR) is 184 cm³/mol. The van der Waals surface area contributed by atoms with E-state index in [1.165, 1.54) is 0 Å². The van der Waals surface area contributed by atoms with Gasteiger partial charge in [-0.3, -0.25) is 9.97 Å². The first-order valence-corrected chi connectivity index (χ1v) is 15.6. The molecule has 0 bridgehead atoms. The van der Waals surface area contributed by atoms with E-state index in [1.807, 2.05) is 60.9 Å². The Labute approximate surface area is 270 Å². The lowest BCUT2D eigenvalue weighted by Gasteiger charge is -2.39. The van der Waals surface area contributed by atoms with Gasteiger partial charge in [-0.1, -0.05) is 66.7 Å². The number of rotatable bonds is 2. The van der Waals surface area contributed by atoms with Gasteiger partial charge in [0, 0.05) is 40.0 Å². The summed E-state index contributed by atoms with van der Waals surface area (Å²) in [5, 5.41) is 11.9. The van der Waals surface area contributed by atoms with Crippen molar-refractivity contribution in [3.05, 3.63) is 174 Å². The maximum Gasteiger partial charge on any atom is 0.132 e. The van der Waals surface area contributed by atoms with Crippen molar-refractivity contribution in [3.63, 3.8) is 0 Å². The van der Waals surface area contributed by atoms with Gasteiger partial charge >= 0.3 is 0 Å². The quantitative estimate of drug-likeness (QED) is 0.198. The molecule has 0 saturated carbocycles. The Hall–Kier alpha value is -6.51. The second-order valence-electron chi connectivity index (χ2n) is 12.1. The van der Waals surface area contributed by atoms with Crippen molar-refractivity contribution in [2.75, 3.05) is 0 Å². The molecule has 0 fully saturated rings. The van der Waals surface area contributed by atoms with E-state index in [4.69, 9.17) is 14.7 Å². The van der Waals surface area contributed by atoms with E-state index < -0.39 is 5.41 Å². The zero-order chi connectivity index (χ0) is 31.1. The zero-order valence-corrected chi connectivity index (χ0v) is 25.1. The number of hydrogen-bond acceptors (Lipinski definition) is 4. The van der Waals surface area contributed by atoms with Crippen LogP contribution in [0.25, 0.3) is 50.0 Å². The molecule has 5 nitrogen and oxygen atoms in total. The third kappa shape index (κ3) is 3.41. The predicted octanol–water partition coefficient (Wildman–Crippen LogP) is 9.58. The molecule has 2 aliphatic rings. The average Bonchev–Trinajstić information content (AvgIpc) is 3.62. The summed E-state index contributed by atoms with van der Waals surface area (Å²) in [6.45, 7) is 0. The summed E-state index contributed by atoms with van der Waals surface area (Å²) in [5.74, 6) is 1.64. The van der Waals surface area contributed by atoms with Crippen molar-refractivity contribution in [1.29, 1.82) is 5.26 Å². The lowest BCUT2D eigenvalue weighted by Crippen LogP contribution is -2.32. The van der Waals surface area contributed by atoms with Gasteiger partial charge < -0.3 is 9.30 Å². The van der Waals surface area contributed by atoms with Gasteiger partial charge in [0.25, 0.3) is 0 Å². The topological polar surface area (TPSA) is 63.7 Å². The summed E-state index contributed by atoms with van der Waals surface area (Å²) >= 11 is 0. The molecule has 8 aromatic rings. The van der Waals surface area contributed by atoms with Crippen LogP contribution in [0.3, 0.4) is 0 Å². The van der Waals surface area contributed by atoms with Crippen LogP contribution in [0.2, 0.25) is 0 Å². The fourth-order valence-corrected chi connectivity index (χ4v) is 7.87. The highest BCUT2D eigenvalue weighted by molar-refractivity contribution is 6.11. The Morgan fingerprint density at radius 3 is 1.94 bits per heavy atom. The fraction of sp³-hybridized carbons (Fsp3) is 0.0238. The highest BCUT2D eigenvalue weighted by Gasteiger charge is 2.52. The number of ether oxygens (including phenoxy) is 1. The molecule has 0 N–H and O–H groups in total. The number of para-hydroxylation sites is 2. The number of aromatic nitrogens is 3. The highest BCUT2D eigenvalue weighted by Crippen LogP contribution is 2.61. The van der Waals surface area contributed by atoms with Crippen LogP contribution >= 0.6 is 0 Å². The molecule has 5 aromatic carbocycles. The molecule has 5 heteroatoms. The van der Waals surface area contributed by atoms with Crippen LogP contribution in [-0.2, 0) is 5.41 Å². The van der Waals surface area contributed by atoms with Gasteiger partial charge in [-0.25, -0.2) is 0 Å². The third-order valence-corrected chi connectivity index (χ3v) is 9.79.